The van der Waals surface area contributed by atoms with Crippen molar-refractivity contribution in [2.45, 2.75) is 25.2 Å². The predicted molar refractivity (Wildman–Crippen MR) is 75.5 cm³/mol. The van der Waals surface area contributed by atoms with Crippen molar-refractivity contribution in [1.82, 2.24) is 4.31 Å². The lowest BCUT2D eigenvalue weighted by Crippen LogP contribution is -2.29. The van der Waals surface area contributed by atoms with Gasteiger partial charge in [0.1, 0.15) is 5.75 Å². The Bertz CT molecular complexity index is 597. The van der Waals surface area contributed by atoms with Gasteiger partial charge in [-0.05, 0) is 37.5 Å². The van der Waals surface area contributed by atoms with Gasteiger partial charge in [0.05, 0.1) is 11.5 Å². The average molecular weight is 297 g/mol. The third-order valence-corrected chi connectivity index (χ3v) is 5.36. The summed E-state index contributed by atoms with van der Waals surface area (Å²) in [6, 6.07) is 4.51. The second-order valence-corrected chi connectivity index (χ2v) is 6.91. The predicted octanol–water partition coefficient (Wildman–Crippen LogP) is 1.93. The van der Waals surface area contributed by atoms with E-state index in [1.165, 1.54) is 16.4 Å². The Labute approximate surface area is 119 Å². The summed E-state index contributed by atoms with van der Waals surface area (Å²) < 4.78 is 31.8. The van der Waals surface area contributed by atoms with Crippen LogP contribution in [0.15, 0.2) is 23.1 Å². The summed E-state index contributed by atoms with van der Waals surface area (Å²) in [5.41, 5.74) is 0.149. The summed E-state index contributed by atoms with van der Waals surface area (Å²) in [6.07, 6.45) is 1.42. The second-order valence-electron chi connectivity index (χ2n) is 5.01. The Morgan fingerprint density at radius 2 is 2.20 bits per heavy atom. The van der Waals surface area contributed by atoms with Gasteiger partial charge in [0, 0.05) is 18.7 Å². The molecule has 1 aliphatic heterocycles. The third-order valence-electron chi connectivity index (χ3n) is 3.42. The fourth-order valence-electron chi connectivity index (χ4n) is 2.36. The maximum absolute atomic E-state index is 12.6. The summed E-state index contributed by atoms with van der Waals surface area (Å²) in [6.45, 7) is 5.34. The minimum atomic E-state index is -3.60. The Kier molecular flexibility index (Phi) is 4.45. The quantitative estimate of drug-likeness (QED) is 0.779. The van der Waals surface area contributed by atoms with Gasteiger partial charge in [-0.25, -0.2) is 8.42 Å². The normalized spacial score (nSPS) is 20.0. The minimum absolute atomic E-state index is 0.0602. The lowest BCUT2D eigenvalue weighted by Gasteiger charge is -2.17. The van der Waals surface area contributed by atoms with E-state index in [4.69, 9.17) is 4.74 Å². The zero-order valence-electron chi connectivity index (χ0n) is 11.7. The van der Waals surface area contributed by atoms with Gasteiger partial charge < -0.3 is 4.74 Å². The molecule has 0 aromatic heterocycles. The lowest BCUT2D eigenvalue weighted by atomic mass is 10.2. The van der Waals surface area contributed by atoms with E-state index in [0.717, 1.165) is 6.42 Å². The maximum Gasteiger partial charge on any atom is 0.243 e. The summed E-state index contributed by atoms with van der Waals surface area (Å²) in [5, 5.41) is 0. The van der Waals surface area contributed by atoms with Crippen LogP contribution in [-0.2, 0) is 10.0 Å². The van der Waals surface area contributed by atoms with E-state index in [0.29, 0.717) is 37.6 Å². The molecule has 110 valence electrons. The van der Waals surface area contributed by atoms with Crippen LogP contribution >= 0.6 is 0 Å². The van der Waals surface area contributed by atoms with Gasteiger partial charge in [-0.1, -0.05) is 6.92 Å². The van der Waals surface area contributed by atoms with E-state index in [-0.39, 0.29) is 10.5 Å². The zero-order valence-corrected chi connectivity index (χ0v) is 12.5. The molecule has 5 nitrogen and oxygen atoms in total. The number of aldehydes is 1. The van der Waals surface area contributed by atoms with Crippen molar-refractivity contribution in [2.24, 2.45) is 5.92 Å². The van der Waals surface area contributed by atoms with Crippen molar-refractivity contribution in [3.05, 3.63) is 23.8 Å². The first-order chi connectivity index (χ1) is 9.48. The van der Waals surface area contributed by atoms with E-state index >= 15 is 0 Å². The van der Waals surface area contributed by atoms with Crippen LogP contribution in [-0.4, -0.2) is 38.7 Å². The van der Waals surface area contributed by atoms with E-state index < -0.39 is 10.0 Å². The van der Waals surface area contributed by atoms with Crippen molar-refractivity contribution in [3.8, 4) is 5.75 Å². The van der Waals surface area contributed by atoms with E-state index in [1.54, 1.807) is 6.07 Å². The Morgan fingerprint density at radius 1 is 1.45 bits per heavy atom. The van der Waals surface area contributed by atoms with Crippen LogP contribution in [0.25, 0.3) is 0 Å². The van der Waals surface area contributed by atoms with Crippen LogP contribution in [0.3, 0.4) is 0 Å². The Morgan fingerprint density at radius 3 is 2.75 bits per heavy atom. The summed E-state index contributed by atoms with van der Waals surface area (Å²) >= 11 is 0. The number of sulfonamides is 1. The molecular weight excluding hydrogens is 278 g/mol. The molecular formula is C14H19NO4S. The molecule has 1 aromatic carbocycles. The smallest absolute Gasteiger partial charge is 0.243 e. The molecule has 0 spiro atoms. The number of benzene rings is 1. The fraction of sp³-hybridized carbons (Fsp3) is 0.500. The van der Waals surface area contributed by atoms with Crippen LogP contribution in [0.4, 0.5) is 0 Å². The van der Waals surface area contributed by atoms with Crippen molar-refractivity contribution in [3.63, 3.8) is 0 Å². The number of carbonyl (C=O) groups is 1. The van der Waals surface area contributed by atoms with Gasteiger partial charge in [-0.15, -0.1) is 0 Å². The molecule has 1 fully saturated rings. The summed E-state index contributed by atoms with van der Waals surface area (Å²) in [4.78, 5) is 11.2. The molecule has 0 N–H and O–H groups in total. The number of carbonyl (C=O) groups excluding carboxylic acids is 1. The molecule has 1 atom stereocenters. The van der Waals surface area contributed by atoms with Gasteiger partial charge in [0.15, 0.2) is 6.29 Å². The Hall–Kier alpha value is -1.40. The highest BCUT2D eigenvalue weighted by Crippen LogP contribution is 2.27. The summed E-state index contributed by atoms with van der Waals surface area (Å²) in [5.74, 6) is 0.857. The van der Waals surface area contributed by atoms with Gasteiger partial charge in [-0.3, -0.25) is 4.79 Å². The van der Waals surface area contributed by atoms with Crippen molar-refractivity contribution in [2.75, 3.05) is 19.7 Å². The van der Waals surface area contributed by atoms with Crippen LogP contribution in [0.2, 0.25) is 0 Å². The van der Waals surface area contributed by atoms with E-state index in [1.807, 2.05) is 13.8 Å². The minimum Gasteiger partial charge on any atom is -0.494 e. The second kappa shape index (κ2) is 5.93. The number of ether oxygens (including phenoxy) is 1. The molecule has 0 radical (unpaired) electrons. The standard InChI is InChI=1S/C14H19NO4S/c1-3-19-13-4-5-14(12(8-13)10-16)20(17,18)15-7-6-11(2)9-15/h4-5,8,10-11H,3,6-7,9H2,1-2H3/t11-/m0/s1. The van der Waals surface area contributed by atoms with Crippen molar-refractivity contribution in [1.29, 1.82) is 0 Å². The monoisotopic (exact) mass is 297 g/mol. The van der Waals surface area contributed by atoms with Gasteiger partial charge in [0.25, 0.3) is 0 Å². The van der Waals surface area contributed by atoms with Crippen LogP contribution in [0.5, 0.6) is 5.75 Å². The van der Waals surface area contributed by atoms with Crippen LogP contribution in [0.1, 0.15) is 30.6 Å². The molecule has 0 bridgehead atoms. The first-order valence-electron chi connectivity index (χ1n) is 6.71. The van der Waals surface area contributed by atoms with Crippen LogP contribution < -0.4 is 4.74 Å². The largest absolute Gasteiger partial charge is 0.494 e. The molecule has 0 amide bonds. The number of hydrogen-bond acceptors (Lipinski definition) is 4. The molecule has 20 heavy (non-hydrogen) atoms. The fourth-order valence-corrected chi connectivity index (χ4v) is 4.08. The highest BCUT2D eigenvalue weighted by molar-refractivity contribution is 7.89. The number of nitrogens with zero attached hydrogens (tertiary/aromatic N) is 1. The first kappa shape index (κ1) is 15.0. The molecule has 1 heterocycles. The number of hydrogen-bond donors (Lipinski definition) is 0. The van der Waals surface area contributed by atoms with Crippen molar-refractivity contribution >= 4 is 16.3 Å². The topological polar surface area (TPSA) is 63.7 Å². The molecule has 6 heteroatoms. The average Bonchev–Trinajstić information content (AvgIpc) is 2.86. The van der Waals surface area contributed by atoms with E-state index in [2.05, 4.69) is 0 Å². The maximum atomic E-state index is 12.6. The highest BCUT2D eigenvalue weighted by atomic mass is 32.2. The highest BCUT2D eigenvalue weighted by Gasteiger charge is 2.32. The van der Waals surface area contributed by atoms with E-state index in [9.17, 15) is 13.2 Å². The molecule has 1 saturated heterocycles. The lowest BCUT2D eigenvalue weighted by molar-refractivity contribution is 0.112. The SMILES string of the molecule is CCOc1ccc(S(=O)(=O)N2CC[C@H](C)C2)c(C=O)c1. The molecule has 0 aliphatic carbocycles. The van der Waals surface area contributed by atoms with Gasteiger partial charge in [-0.2, -0.15) is 4.31 Å². The first-order valence-corrected chi connectivity index (χ1v) is 8.15. The van der Waals surface area contributed by atoms with Crippen LogP contribution in [0, 0.1) is 5.92 Å². The molecule has 0 unspecified atom stereocenters. The molecule has 2 rings (SSSR count). The van der Waals surface area contributed by atoms with Gasteiger partial charge >= 0.3 is 0 Å². The van der Waals surface area contributed by atoms with Crippen molar-refractivity contribution < 1.29 is 17.9 Å². The van der Waals surface area contributed by atoms with Gasteiger partial charge in [0.2, 0.25) is 10.0 Å². The molecule has 1 aliphatic rings. The summed E-state index contributed by atoms with van der Waals surface area (Å²) in [7, 11) is -3.60. The Balaban J connectivity index is 2.38. The zero-order chi connectivity index (χ0) is 14.8. The third kappa shape index (κ3) is 2.86. The molecule has 1 aromatic rings. The number of rotatable bonds is 5. The molecule has 0 saturated carbocycles.